The quantitative estimate of drug-likeness (QED) is 0.664. The number of nitrogens with two attached hydrogens (primary N) is 1. The van der Waals surface area contributed by atoms with Crippen LogP contribution in [0.4, 0.5) is 11.4 Å². The van der Waals surface area contributed by atoms with E-state index in [0.717, 1.165) is 5.56 Å². The van der Waals surface area contributed by atoms with E-state index in [1.165, 1.54) is 6.92 Å². The van der Waals surface area contributed by atoms with E-state index in [0.29, 0.717) is 22.5 Å². The van der Waals surface area contributed by atoms with Gasteiger partial charge in [-0.05, 0) is 49.7 Å². The molecule has 2 aromatic rings. The predicted molar refractivity (Wildman–Crippen MR) is 80.0 cm³/mol. The van der Waals surface area contributed by atoms with E-state index >= 15 is 0 Å². The van der Waals surface area contributed by atoms with Crippen LogP contribution in [0.2, 0.25) is 0 Å². The van der Waals surface area contributed by atoms with E-state index in [9.17, 15) is 9.59 Å². The third-order valence-electron chi connectivity index (χ3n) is 3.09. The summed E-state index contributed by atoms with van der Waals surface area (Å²) < 4.78 is 0. The molecule has 0 saturated carbocycles. The van der Waals surface area contributed by atoms with Gasteiger partial charge < -0.3 is 11.1 Å². The van der Waals surface area contributed by atoms with Crippen LogP contribution in [-0.4, -0.2) is 11.7 Å². The molecular weight excluding hydrogens is 252 g/mol. The zero-order valence-corrected chi connectivity index (χ0v) is 11.4. The molecule has 0 aromatic heterocycles. The smallest absolute Gasteiger partial charge is 0.255 e. The first-order chi connectivity index (χ1) is 9.49. The molecule has 0 fully saturated rings. The van der Waals surface area contributed by atoms with Gasteiger partial charge in [-0.15, -0.1) is 0 Å². The van der Waals surface area contributed by atoms with Crippen LogP contribution in [0.25, 0.3) is 0 Å². The number of ketones is 1. The first-order valence-electron chi connectivity index (χ1n) is 6.26. The van der Waals surface area contributed by atoms with Crippen LogP contribution in [0.3, 0.4) is 0 Å². The van der Waals surface area contributed by atoms with Gasteiger partial charge in [-0.3, -0.25) is 9.59 Å². The number of carbonyl (C=O) groups excluding carboxylic acids is 2. The number of para-hydroxylation sites is 1. The molecule has 2 rings (SSSR count). The summed E-state index contributed by atoms with van der Waals surface area (Å²) in [4.78, 5) is 23.7. The summed E-state index contributed by atoms with van der Waals surface area (Å²) >= 11 is 0. The van der Waals surface area contributed by atoms with Crippen molar-refractivity contribution in [3.05, 3.63) is 59.2 Å². The lowest BCUT2D eigenvalue weighted by Gasteiger charge is -2.10. The fraction of sp³-hybridized carbons (Fsp3) is 0.125. The van der Waals surface area contributed by atoms with Crippen molar-refractivity contribution in [2.45, 2.75) is 13.8 Å². The number of aryl methyl sites for hydroxylation is 1. The average Bonchev–Trinajstić information content (AvgIpc) is 2.42. The Kier molecular flexibility index (Phi) is 3.84. The van der Waals surface area contributed by atoms with Crippen molar-refractivity contribution >= 4 is 23.1 Å². The van der Waals surface area contributed by atoms with Gasteiger partial charge in [0.05, 0.1) is 5.69 Å². The second-order valence-corrected chi connectivity index (χ2v) is 4.63. The predicted octanol–water partition coefficient (Wildman–Crippen LogP) is 3.03. The number of anilines is 2. The summed E-state index contributed by atoms with van der Waals surface area (Å²) in [5.74, 6) is -0.351. The summed E-state index contributed by atoms with van der Waals surface area (Å²) in [6.45, 7) is 3.31. The van der Waals surface area contributed by atoms with Gasteiger partial charge >= 0.3 is 0 Å². The number of benzene rings is 2. The molecule has 20 heavy (non-hydrogen) atoms. The van der Waals surface area contributed by atoms with Crippen LogP contribution in [0.15, 0.2) is 42.5 Å². The molecule has 102 valence electrons. The van der Waals surface area contributed by atoms with Crippen molar-refractivity contribution in [2.75, 3.05) is 11.1 Å². The Morgan fingerprint density at radius 1 is 1.10 bits per heavy atom. The highest BCUT2D eigenvalue weighted by atomic mass is 16.1. The molecule has 3 N–H and O–H groups in total. The first-order valence-corrected chi connectivity index (χ1v) is 6.26. The number of nitrogen functional groups attached to an aromatic ring is 1. The van der Waals surface area contributed by atoms with Crippen LogP contribution < -0.4 is 11.1 Å². The van der Waals surface area contributed by atoms with Gasteiger partial charge in [0.2, 0.25) is 0 Å². The number of amides is 1. The minimum Gasteiger partial charge on any atom is -0.399 e. The molecule has 0 aliphatic heterocycles. The average molecular weight is 268 g/mol. The van der Waals surface area contributed by atoms with Crippen LogP contribution in [-0.2, 0) is 0 Å². The molecule has 0 atom stereocenters. The normalized spacial score (nSPS) is 10.1. The highest BCUT2D eigenvalue weighted by Crippen LogP contribution is 2.18. The highest BCUT2D eigenvalue weighted by molar-refractivity contribution is 6.09. The number of hydrogen-bond donors (Lipinski definition) is 2. The van der Waals surface area contributed by atoms with E-state index < -0.39 is 0 Å². The van der Waals surface area contributed by atoms with E-state index in [4.69, 9.17) is 5.73 Å². The van der Waals surface area contributed by atoms with Crippen molar-refractivity contribution < 1.29 is 9.59 Å². The van der Waals surface area contributed by atoms with E-state index in [2.05, 4.69) is 5.32 Å². The van der Waals surface area contributed by atoms with Crippen molar-refractivity contribution in [1.29, 1.82) is 0 Å². The number of carbonyl (C=O) groups is 2. The molecule has 0 spiro atoms. The summed E-state index contributed by atoms with van der Waals surface area (Å²) in [5, 5.41) is 2.75. The van der Waals surface area contributed by atoms with Gasteiger partial charge in [0, 0.05) is 16.8 Å². The maximum Gasteiger partial charge on any atom is 0.255 e. The molecule has 1 amide bonds. The lowest BCUT2D eigenvalue weighted by molar-refractivity contribution is 0.101. The number of nitrogens with one attached hydrogen (secondary N) is 1. The van der Waals surface area contributed by atoms with Crippen LogP contribution in [0.1, 0.15) is 33.2 Å². The van der Waals surface area contributed by atoms with E-state index in [1.807, 2.05) is 6.92 Å². The number of rotatable bonds is 3. The molecule has 0 saturated heterocycles. The molecule has 0 unspecified atom stereocenters. The van der Waals surface area contributed by atoms with Crippen LogP contribution in [0, 0.1) is 6.92 Å². The highest BCUT2D eigenvalue weighted by Gasteiger charge is 2.11. The summed E-state index contributed by atoms with van der Waals surface area (Å²) in [6, 6.07) is 12.0. The van der Waals surface area contributed by atoms with Crippen LogP contribution >= 0.6 is 0 Å². The van der Waals surface area contributed by atoms with Gasteiger partial charge in [-0.1, -0.05) is 12.1 Å². The maximum atomic E-state index is 12.2. The number of hydrogen-bond acceptors (Lipinski definition) is 3. The van der Waals surface area contributed by atoms with Crippen molar-refractivity contribution in [3.8, 4) is 0 Å². The Balaban J connectivity index is 2.28. The third-order valence-corrected chi connectivity index (χ3v) is 3.09. The van der Waals surface area contributed by atoms with Gasteiger partial charge in [-0.25, -0.2) is 0 Å². The fourth-order valence-corrected chi connectivity index (χ4v) is 1.91. The number of Topliss-reactive ketones (excluding diaryl/α,β-unsaturated/α-hetero) is 1. The molecular formula is C16H16N2O2. The largest absolute Gasteiger partial charge is 0.399 e. The maximum absolute atomic E-state index is 12.2. The second-order valence-electron chi connectivity index (χ2n) is 4.63. The molecule has 4 nitrogen and oxygen atoms in total. The lowest BCUT2D eigenvalue weighted by Crippen LogP contribution is -2.14. The van der Waals surface area contributed by atoms with Gasteiger partial charge in [-0.2, -0.15) is 0 Å². The second kappa shape index (κ2) is 5.57. The summed E-state index contributed by atoms with van der Waals surface area (Å²) in [7, 11) is 0. The van der Waals surface area contributed by atoms with E-state index in [-0.39, 0.29) is 11.7 Å². The molecule has 4 heteroatoms. The Morgan fingerprint density at radius 2 is 1.80 bits per heavy atom. The Labute approximate surface area is 117 Å². The van der Waals surface area contributed by atoms with Gasteiger partial charge in [0.15, 0.2) is 5.78 Å². The zero-order valence-electron chi connectivity index (χ0n) is 11.4. The zero-order chi connectivity index (χ0) is 14.7. The monoisotopic (exact) mass is 268 g/mol. The van der Waals surface area contributed by atoms with Crippen molar-refractivity contribution in [2.24, 2.45) is 0 Å². The van der Waals surface area contributed by atoms with E-state index in [1.54, 1.807) is 42.5 Å². The van der Waals surface area contributed by atoms with Gasteiger partial charge in [0.25, 0.3) is 5.91 Å². The Morgan fingerprint density at radius 3 is 2.45 bits per heavy atom. The standard InChI is InChI=1S/C16H16N2O2/c1-10-9-12(7-8-14(10)17)16(20)18-15-6-4-3-5-13(15)11(2)19/h3-9H,17H2,1-2H3,(H,18,20). The lowest BCUT2D eigenvalue weighted by atomic mass is 10.1. The first kappa shape index (κ1) is 13.8. The topological polar surface area (TPSA) is 72.2 Å². The molecule has 0 radical (unpaired) electrons. The molecule has 0 aliphatic rings. The van der Waals surface area contributed by atoms with Gasteiger partial charge in [0.1, 0.15) is 0 Å². The fourth-order valence-electron chi connectivity index (χ4n) is 1.91. The summed E-state index contributed by atoms with van der Waals surface area (Å²) in [5.41, 5.74) is 8.73. The molecule has 2 aromatic carbocycles. The molecule has 0 aliphatic carbocycles. The van der Waals surface area contributed by atoms with Crippen molar-refractivity contribution in [1.82, 2.24) is 0 Å². The Bertz CT molecular complexity index is 678. The third kappa shape index (κ3) is 2.85. The SMILES string of the molecule is CC(=O)c1ccccc1NC(=O)c1ccc(N)c(C)c1. The summed E-state index contributed by atoms with van der Waals surface area (Å²) in [6.07, 6.45) is 0. The van der Waals surface area contributed by atoms with Crippen LogP contribution in [0.5, 0.6) is 0 Å². The molecule has 0 heterocycles. The van der Waals surface area contributed by atoms with Crippen molar-refractivity contribution in [3.63, 3.8) is 0 Å². The molecule has 0 bridgehead atoms. The minimum absolute atomic E-state index is 0.0885. The minimum atomic E-state index is -0.262. The Hall–Kier alpha value is -2.62.